The Kier molecular flexibility index (Phi) is 6.76. The second kappa shape index (κ2) is 8.11. The maximum Gasteiger partial charge on any atom is 0.119 e. The van der Waals surface area contributed by atoms with Crippen molar-refractivity contribution in [3.05, 3.63) is 29.8 Å². The van der Waals surface area contributed by atoms with Crippen LogP contribution in [0.4, 0.5) is 0 Å². The Morgan fingerprint density at radius 1 is 1.11 bits per heavy atom. The molecule has 0 saturated heterocycles. The van der Waals surface area contributed by atoms with Crippen LogP contribution in [-0.4, -0.2) is 13.2 Å². The zero-order valence-electron chi connectivity index (χ0n) is 11.9. The molecule has 102 valence electrons. The molecule has 1 N–H and O–H groups in total. The Hall–Kier alpha value is -1.06. The molecule has 0 aromatic heterocycles. The number of hydrogen-bond donors (Lipinski definition) is 1. The van der Waals surface area contributed by atoms with Crippen molar-refractivity contribution in [1.82, 2.24) is 5.48 Å². The normalized spacial score (nSPS) is 12.7. The number of hydrogen-bond acceptors (Lipinski definition) is 3. The lowest BCUT2D eigenvalue weighted by Crippen LogP contribution is -2.21. The Labute approximate surface area is 110 Å². The highest BCUT2D eigenvalue weighted by Crippen LogP contribution is 2.17. The zero-order chi connectivity index (χ0) is 13.4. The minimum atomic E-state index is 0.184. The van der Waals surface area contributed by atoms with E-state index in [1.807, 2.05) is 12.1 Å². The molecule has 1 rings (SSSR count). The summed E-state index contributed by atoms with van der Waals surface area (Å²) in [7, 11) is 0. The van der Waals surface area contributed by atoms with Gasteiger partial charge >= 0.3 is 0 Å². The lowest BCUT2D eigenvalue weighted by molar-refractivity contribution is 0.00408. The molecule has 0 aliphatic carbocycles. The molecule has 0 aliphatic rings. The molecule has 0 heterocycles. The van der Waals surface area contributed by atoms with E-state index in [1.165, 1.54) is 5.56 Å². The van der Waals surface area contributed by atoms with E-state index >= 15 is 0 Å². The Morgan fingerprint density at radius 2 is 1.78 bits per heavy atom. The minimum Gasteiger partial charge on any atom is -0.494 e. The van der Waals surface area contributed by atoms with Crippen LogP contribution in [0.15, 0.2) is 24.3 Å². The number of benzene rings is 1. The Morgan fingerprint density at radius 3 is 2.33 bits per heavy atom. The van der Waals surface area contributed by atoms with E-state index in [0.717, 1.165) is 25.4 Å². The van der Waals surface area contributed by atoms with Gasteiger partial charge in [0.15, 0.2) is 0 Å². The van der Waals surface area contributed by atoms with Gasteiger partial charge in [-0.3, -0.25) is 0 Å². The first-order valence-electron chi connectivity index (χ1n) is 6.73. The van der Waals surface area contributed by atoms with Crippen LogP contribution in [-0.2, 0) is 4.84 Å². The van der Waals surface area contributed by atoms with Crippen LogP contribution in [0, 0.1) is 5.92 Å². The van der Waals surface area contributed by atoms with Crippen LogP contribution in [0.2, 0.25) is 0 Å². The van der Waals surface area contributed by atoms with Gasteiger partial charge in [-0.1, -0.05) is 32.9 Å². The Balaban J connectivity index is 2.40. The maximum absolute atomic E-state index is 5.55. The summed E-state index contributed by atoms with van der Waals surface area (Å²) in [5.41, 5.74) is 4.25. The molecular weight excluding hydrogens is 226 g/mol. The molecule has 0 bridgehead atoms. The first-order valence-corrected chi connectivity index (χ1v) is 6.73. The molecular formula is C15H25NO2. The molecule has 0 spiro atoms. The first kappa shape index (κ1) is 15.0. The summed E-state index contributed by atoms with van der Waals surface area (Å²) in [6, 6.07) is 8.34. The van der Waals surface area contributed by atoms with E-state index < -0.39 is 0 Å². The number of hydroxylamine groups is 1. The average Bonchev–Trinajstić information content (AvgIpc) is 2.36. The molecule has 0 amide bonds. The van der Waals surface area contributed by atoms with Gasteiger partial charge in [-0.2, -0.15) is 5.48 Å². The van der Waals surface area contributed by atoms with Gasteiger partial charge in [-0.15, -0.1) is 0 Å². The van der Waals surface area contributed by atoms with Crippen LogP contribution >= 0.6 is 0 Å². The average molecular weight is 251 g/mol. The summed E-state index contributed by atoms with van der Waals surface area (Å²) in [4.78, 5) is 5.43. The van der Waals surface area contributed by atoms with E-state index in [2.05, 4.69) is 45.3 Å². The summed E-state index contributed by atoms with van der Waals surface area (Å²) < 4.78 is 5.55. The van der Waals surface area contributed by atoms with Gasteiger partial charge < -0.3 is 9.57 Å². The molecule has 0 radical (unpaired) electrons. The van der Waals surface area contributed by atoms with Crippen LogP contribution in [0.3, 0.4) is 0 Å². The second-order valence-corrected chi connectivity index (χ2v) is 4.96. The standard InChI is InChI=1S/C15H25NO2/c1-5-10-17-15-8-6-14(7-9-15)13(4)16-18-11-12(2)3/h6-9,12-13,16H,5,10-11H2,1-4H3. The van der Waals surface area contributed by atoms with E-state index in [0.29, 0.717) is 5.92 Å². The van der Waals surface area contributed by atoms with Gasteiger partial charge in [0.25, 0.3) is 0 Å². The molecule has 1 unspecified atom stereocenters. The van der Waals surface area contributed by atoms with Gasteiger partial charge in [0.2, 0.25) is 0 Å². The monoisotopic (exact) mass is 251 g/mol. The smallest absolute Gasteiger partial charge is 0.119 e. The van der Waals surface area contributed by atoms with Crippen molar-refractivity contribution in [2.24, 2.45) is 5.92 Å². The predicted molar refractivity (Wildman–Crippen MR) is 74.6 cm³/mol. The molecule has 3 heteroatoms. The quantitative estimate of drug-likeness (QED) is 0.714. The van der Waals surface area contributed by atoms with Crippen LogP contribution in [0.25, 0.3) is 0 Å². The molecule has 0 fully saturated rings. The summed E-state index contributed by atoms with van der Waals surface area (Å²) in [5, 5.41) is 0. The third-order valence-corrected chi connectivity index (χ3v) is 2.53. The molecule has 1 aromatic carbocycles. The molecule has 1 atom stereocenters. The van der Waals surface area contributed by atoms with Gasteiger partial charge in [0, 0.05) is 0 Å². The fraction of sp³-hybridized carbons (Fsp3) is 0.600. The van der Waals surface area contributed by atoms with Gasteiger partial charge in [0.05, 0.1) is 19.3 Å². The third kappa shape index (κ3) is 5.52. The summed E-state index contributed by atoms with van der Waals surface area (Å²) >= 11 is 0. The summed E-state index contributed by atoms with van der Waals surface area (Å²) in [6.45, 7) is 9.94. The lowest BCUT2D eigenvalue weighted by Gasteiger charge is -2.15. The number of ether oxygens (including phenoxy) is 1. The summed E-state index contributed by atoms with van der Waals surface area (Å²) in [5.74, 6) is 1.46. The number of nitrogens with one attached hydrogen (secondary N) is 1. The minimum absolute atomic E-state index is 0.184. The van der Waals surface area contributed by atoms with Gasteiger partial charge in [0.1, 0.15) is 5.75 Å². The van der Waals surface area contributed by atoms with Crippen molar-refractivity contribution in [2.45, 2.75) is 40.2 Å². The lowest BCUT2D eigenvalue weighted by atomic mass is 10.1. The SMILES string of the molecule is CCCOc1ccc(C(C)NOCC(C)C)cc1. The molecule has 0 saturated carbocycles. The van der Waals surface area contributed by atoms with Crippen molar-refractivity contribution in [3.63, 3.8) is 0 Å². The van der Waals surface area contributed by atoms with Crippen molar-refractivity contribution in [1.29, 1.82) is 0 Å². The van der Waals surface area contributed by atoms with Crippen molar-refractivity contribution >= 4 is 0 Å². The van der Waals surface area contributed by atoms with Crippen LogP contribution in [0.5, 0.6) is 5.75 Å². The summed E-state index contributed by atoms with van der Waals surface area (Å²) in [6.07, 6.45) is 1.03. The maximum atomic E-state index is 5.55. The molecule has 3 nitrogen and oxygen atoms in total. The van der Waals surface area contributed by atoms with E-state index in [1.54, 1.807) is 0 Å². The van der Waals surface area contributed by atoms with Gasteiger partial charge in [-0.25, -0.2) is 0 Å². The van der Waals surface area contributed by atoms with Crippen molar-refractivity contribution in [3.8, 4) is 5.75 Å². The highest BCUT2D eigenvalue weighted by atomic mass is 16.6. The van der Waals surface area contributed by atoms with E-state index in [9.17, 15) is 0 Å². The van der Waals surface area contributed by atoms with Crippen LogP contribution in [0.1, 0.15) is 45.7 Å². The fourth-order valence-electron chi connectivity index (χ4n) is 1.48. The molecule has 1 aromatic rings. The van der Waals surface area contributed by atoms with Crippen LogP contribution < -0.4 is 10.2 Å². The van der Waals surface area contributed by atoms with E-state index in [-0.39, 0.29) is 6.04 Å². The highest BCUT2D eigenvalue weighted by molar-refractivity contribution is 5.28. The van der Waals surface area contributed by atoms with Gasteiger partial charge in [-0.05, 0) is 37.0 Å². The zero-order valence-corrected chi connectivity index (χ0v) is 11.9. The number of rotatable bonds is 8. The largest absolute Gasteiger partial charge is 0.494 e. The molecule has 0 aliphatic heterocycles. The van der Waals surface area contributed by atoms with Crippen molar-refractivity contribution < 1.29 is 9.57 Å². The first-order chi connectivity index (χ1) is 8.63. The topological polar surface area (TPSA) is 30.5 Å². The predicted octanol–water partition coefficient (Wildman–Crippen LogP) is 3.71. The van der Waals surface area contributed by atoms with Crippen molar-refractivity contribution in [2.75, 3.05) is 13.2 Å². The molecule has 18 heavy (non-hydrogen) atoms. The third-order valence-electron chi connectivity index (χ3n) is 2.53. The highest BCUT2D eigenvalue weighted by Gasteiger charge is 2.05. The fourth-order valence-corrected chi connectivity index (χ4v) is 1.48. The van der Waals surface area contributed by atoms with E-state index in [4.69, 9.17) is 9.57 Å². The second-order valence-electron chi connectivity index (χ2n) is 4.96. The Bertz CT molecular complexity index is 322.